The molecule has 0 spiro atoms. The highest BCUT2D eigenvalue weighted by Crippen LogP contribution is 2.11. The summed E-state index contributed by atoms with van der Waals surface area (Å²) in [4.78, 5) is 18.9. The molecule has 0 radical (unpaired) electrons. The molecule has 15 heavy (non-hydrogen) atoms. The lowest BCUT2D eigenvalue weighted by atomic mass is 10.3. The zero-order chi connectivity index (χ0) is 10.7. The standard InChI is InChI=1S/C10H8ClN3O/c11-9-8(3-1-4-12-9)7-14-6-2-5-13-10(14)15/h1-6H,7H2. The van der Waals surface area contributed by atoms with Gasteiger partial charge < -0.3 is 0 Å². The first-order valence-electron chi connectivity index (χ1n) is 4.38. The van der Waals surface area contributed by atoms with Crippen LogP contribution in [0.25, 0.3) is 0 Å². The van der Waals surface area contributed by atoms with Crippen LogP contribution in [0, 0.1) is 0 Å². The van der Waals surface area contributed by atoms with Crippen molar-refractivity contribution in [2.75, 3.05) is 0 Å². The molecule has 0 saturated heterocycles. The van der Waals surface area contributed by atoms with Crippen molar-refractivity contribution in [2.45, 2.75) is 6.54 Å². The molecular formula is C10H8ClN3O. The predicted molar refractivity (Wildman–Crippen MR) is 56.8 cm³/mol. The van der Waals surface area contributed by atoms with E-state index in [1.807, 2.05) is 6.07 Å². The number of nitrogens with zero attached hydrogens (tertiary/aromatic N) is 3. The van der Waals surface area contributed by atoms with Gasteiger partial charge in [-0.1, -0.05) is 17.7 Å². The molecule has 2 rings (SSSR count). The van der Waals surface area contributed by atoms with Gasteiger partial charge in [-0.25, -0.2) is 14.8 Å². The first-order valence-corrected chi connectivity index (χ1v) is 4.76. The Labute approximate surface area is 91.2 Å². The van der Waals surface area contributed by atoms with Crippen molar-refractivity contribution in [3.8, 4) is 0 Å². The molecule has 4 nitrogen and oxygen atoms in total. The molecule has 0 bridgehead atoms. The molecular weight excluding hydrogens is 214 g/mol. The molecule has 2 aromatic heterocycles. The average Bonchev–Trinajstić information content (AvgIpc) is 2.24. The van der Waals surface area contributed by atoms with E-state index in [9.17, 15) is 4.79 Å². The Morgan fingerprint density at radius 3 is 2.80 bits per heavy atom. The van der Waals surface area contributed by atoms with E-state index < -0.39 is 0 Å². The SMILES string of the molecule is O=c1ncccn1Cc1cccnc1Cl. The van der Waals surface area contributed by atoms with Crippen molar-refractivity contribution in [1.29, 1.82) is 0 Å². The van der Waals surface area contributed by atoms with E-state index in [2.05, 4.69) is 9.97 Å². The first kappa shape index (κ1) is 9.86. The van der Waals surface area contributed by atoms with E-state index in [-0.39, 0.29) is 5.69 Å². The summed E-state index contributed by atoms with van der Waals surface area (Å²) in [5, 5.41) is 0.410. The zero-order valence-corrected chi connectivity index (χ0v) is 8.55. The zero-order valence-electron chi connectivity index (χ0n) is 7.80. The van der Waals surface area contributed by atoms with Gasteiger partial charge in [-0.05, 0) is 12.1 Å². The molecule has 0 aliphatic heterocycles. The van der Waals surface area contributed by atoms with Crippen LogP contribution < -0.4 is 5.69 Å². The largest absolute Gasteiger partial charge is 0.347 e. The summed E-state index contributed by atoms with van der Waals surface area (Å²) in [7, 11) is 0. The number of hydrogen-bond acceptors (Lipinski definition) is 3. The lowest BCUT2D eigenvalue weighted by Gasteiger charge is -2.04. The Kier molecular flexibility index (Phi) is 2.78. The van der Waals surface area contributed by atoms with Gasteiger partial charge in [-0.3, -0.25) is 4.57 Å². The van der Waals surface area contributed by atoms with Gasteiger partial charge >= 0.3 is 5.69 Å². The highest BCUT2D eigenvalue weighted by molar-refractivity contribution is 6.30. The molecule has 5 heteroatoms. The average molecular weight is 222 g/mol. The number of aromatic nitrogens is 3. The molecule has 0 saturated carbocycles. The second kappa shape index (κ2) is 4.23. The maximum atomic E-state index is 11.3. The third kappa shape index (κ3) is 2.22. The summed E-state index contributed by atoms with van der Waals surface area (Å²) < 4.78 is 1.48. The van der Waals surface area contributed by atoms with Crippen molar-refractivity contribution in [1.82, 2.24) is 14.5 Å². The van der Waals surface area contributed by atoms with Gasteiger partial charge in [0.1, 0.15) is 5.15 Å². The fraction of sp³-hybridized carbons (Fsp3) is 0.100. The fourth-order valence-corrected chi connectivity index (χ4v) is 1.41. The lowest BCUT2D eigenvalue weighted by molar-refractivity contribution is 0.725. The smallest absolute Gasteiger partial charge is 0.295 e. The quantitative estimate of drug-likeness (QED) is 0.719. The minimum atomic E-state index is -0.294. The lowest BCUT2D eigenvalue weighted by Crippen LogP contribution is -2.22. The van der Waals surface area contributed by atoms with Crippen LogP contribution in [0.2, 0.25) is 5.15 Å². The third-order valence-corrected chi connectivity index (χ3v) is 2.30. The molecule has 2 aromatic rings. The summed E-state index contributed by atoms with van der Waals surface area (Å²) >= 11 is 5.88. The van der Waals surface area contributed by atoms with Crippen molar-refractivity contribution >= 4 is 11.6 Å². The summed E-state index contributed by atoms with van der Waals surface area (Å²) in [6.45, 7) is 0.388. The van der Waals surface area contributed by atoms with Crippen LogP contribution in [-0.4, -0.2) is 14.5 Å². The second-order valence-corrected chi connectivity index (χ2v) is 3.34. The van der Waals surface area contributed by atoms with E-state index in [0.717, 1.165) is 5.56 Å². The van der Waals surface area contributed by atoms with Crippen LogP contribution in [0.3, 0.4) is 0 Å². The summed E-state index contributed by atoms with van der Waals surface area (Å²) in [6.07, 6.45) is 4.74. The number of hydrogen-bond donors (Lipinski definition) is 0. The van der Waals surface area contributed by atoms with E-state index in [1.54, 1.807) is 24.5 Å². The van der Waals surface area contributed by atoms with Crippen LogP contribution in [0.5, 0.6) is 0 Å². The molecule has 0 aromatic carbocycles. The van der Waals surface area contributed by atoms with Crippen LogP contribution in [0.4, 0.5) is 0 Å². The Bertz CT molecular complexity index is 524. The fourth-order valence-electron chi connectivity index (χ4n) is 1.23. The van der Waals surface area contributed by atoms with Gasteiger partial charge in [0, 0.05) is 24.2 Å². The summed E-state index contributed by atoms with van der Waals surface area (Å²) in [5.74, 6) is 0. The molecule has 0 aliphatic rings. The summed E-state index contributed by atoms with van der Waals surface area (Å²) in [6, 6.07) is 5.31. The van der Waals surface area contributed by atoms with E-state index >= 15 is 0 Å². The Morgan fingerprint density at radius 2 is 2.07 bits per heavy atom. The van der Waals surface area contributed by atoms with Crippen molar-refractivity contribution < 1.29 is 0 Å². The van der Waals surface area contributed by atoms with E-state index in [1.165, 1.54) is 10.8 Å². The Morgan fingerprint density at radius 1 is 1.27 bits per heavy atom. The van der Waals surface area contributed by atoms with Crippen LogP contribution in [0.15, 0.2) is 41.6 Å². The normalized spacial score (nSPS) is 10.2. The van der Waals surface area contributed by atoms with Gasteiger partial charge in [-0.2, -0.15) is 0 Å². The van der Waals surface area contributed by atoms with Gasteiger partial charge in [-0.15, -0.1) is 0 Å². The molecule has 0 N–H and O–H groups in total. The molecule has 2 heterocycles. The van der Waals surface area contributed by atoms with Crippen molar-refractivity contribution in [2.24, 2.45) is 0 Å². The van der Waals surface area contributed by atoms with Crippen molar-refractivity contribution in [3.05, 3.63) is 58.0 Å². The van der Waals surface area contributed by atoms with Crippen molar-refractivity contribution in [3.63, 3.8) is 0 Å². The molecule has 0 atom stereocenters. The van der Waals surface area contributed by atoms with Gasteiger partial charge in [0.2, 0.25) is 0 Å². The molecule has 0 fully saturated rings. The van der Waals surface area contributed by atoms with Crippen LogP contribution in [-0.2, 0) is 6.54 Å². The van der Waals surface area contributed by atoms with Crippen LogP contribution >= 0.6 is 11.6 Å². The number of halogens is 1. The predicted octanol–water partition coefficient (Wildman–Crippen LogP) is 1.34. The monoisotopic (exact) mass is 221 g/mol. The van der Waals surface area contributed by atoms with Gasteiger partial charge in [0.15, 0.2) is 0 Å². The molecule has 76 valence electrons. The van der Waals surface area contributed by atoms with Crippen LogP contribution in [0.1, 0.15) is 5.56 Å². The molecule has 0 unspecified atom stereocenters. The highest BCUT2D eigenvalue weighted by atomic mass is 35.5. The van der Waals surface area contributed by atoms with E-state index in [4.69, 9.17) is 11.6 Å². The molecule has 0 aliphatic carbocycles. The maximum Gasteiger partial charge on any atom is 0.347 e. The van der Waals surface area contributed by atoms with Gasteiger partial charge in [0.25, 0.3) is 0 Å². The highest BCUT2D eigenvalue weighted by Gasteiger charge is 2.02. The molecule has 0 amide bonds. The second-order valence-electron chi connectivity index (χ2n) is 2.98. The van der Waals surface area contributed by atoms with Gasteiger partial charge in [0.05, 0.1) is 6.54 Å². The minimum Gasteiger partial charge on any atom is -0.295 e. The maximum absolute atomic E-state index is 11.3. The Hall–Kier alpha value is -1.68. The third-order valence-electron chi connectivity index (χ3n) is 1.96. The number of pyridine rings is 1. The number of rotatable bonds is 2. The Balaban J connectivity index is 2.34. The van der Waals surface area contributed by atoms with E-state index in [0.29, 0.717) is 11.7 Å². The minimum absolute atomic E-state index is 0.294. The summed E-state index contributed by atoms with van der Waals surface area (Å²) in [5.41, 5.74) is 0.506. The topological polar surface area (TPSA) is 47.8 Å². The first-order chi connectivity index (χ1) is 7.27.